The minimum absolute atomic E-state index is 0. The zero-order chi connectivity index (χ0) is 15.5. The van der Waals surface area contributed by atoms with Gasteiger partial charge in [0.2, 0.25) is 5.91 Å². The van der Waals surface area contributed by atoms with E-state index in [1.807, 2.05) is 17.2 Å². The summed E-state index contributed by atoms with van der Waals surface area (Å²) in [7, 11) is 0. The lowest BCUT2D eigenvalue weighted by Crippen LogP contribution is -2.54. The van der Waals surface area contributed by atoms with Gasteiger partial charge in [0.1, 0.15) is 6.10 Å². The molecule has 130 valence electrons. The average molecular weight is 361 g/mol. The number of nitrogens with two attached hydrogens (primary N) is 1. The SMILES string of the molecule is CC1CN(C(=O)C(N)C2CCOCC2)CC(c2ccsc2)O1.Cl. The predicted molar refractivity (Wildman–Crippen MR) is 93.0 cm³/mol. The topological polar surface area (TPSA) is 64.8 Å². The standard InChI is InChI=1S/C16H24N2O3S.ClH/c1-11-8-18(9-14(21-11)13-4-7-22-10-13)16(19)15(17)12-2-5-20-6-3-12;/h4,7,10-12,14-15H,2-3,5-6,8-9,17H2,1H3;1H. The van der Waals surface area contributed by atoms with E-state index in [4.69, 9.17) is 15.2 Å². The van der Waals surface area contributed by atoms with Gasteiger partial charge in [0.15, 0.2) is 0 Å². The van der Waals surface area contributed by atoms with Gasteiger partial charge in [-0.15, -0.1) is 12.4 Å². The van der Waals surface area contributed by atoms with E-state index in [2.05, 4.69) is 11.4 Å². The van der Waals surface area contributed by atoms with Crippen molar-refractivity contribution >= 4 is 29.7 Å². The van der Waals surface area contributed by atoms with Gasteiger partial charge in [-0.3, -0.25) is 4.79 Å². The molecule has 2 saturated heterocycles. The first-order chi connectivity index (χ1) is 10.6. The van der Waals surface area contributed by atoms with E-state index in [0.717, 1.165) is 18.4 Å². The quantitative estimate of drug-likeness (QED) is 0.897. The van der Waals surface area contributed by atoms with Crippen molar-refractivity contribution in [3.63, 3.8) is 0 Å². The van der Waals surface area contributed by atoms with Gasteiger partial charge in [-0.25, -0.2) is 0 Å². The maximum Gasteiger partial charge on any atom is 0.239 e. The van der Waals surface area contributed by atoms with Gasteiger partial charge < -0.3 is 20.1 Å². The second-order valence-electron chi connectivity index (χ2n) is 6.21. The van der Waals surface area contributed by atoms with Crippen LogP contribution in [0.3, 0.4) is 0 Å². The average Bonchev–Trinajstić information content (AvgIpc) is 3.08. The molecule has 7 heteroatoms. The molecule has 3 heterocycles. The second kappa shape index (κ2) is 8.44. The van der Waals surface area contributed by atoms with E-state index in [9.17, 15) is 4.79 Å². The molecule has 23 heavy (non-hydrogen) atoms. The normalized spacial score (nSPS) is 27.3. The molecule has 0 radical (unpaired) electrons. The molecular formula is C16H25ClN2O3S. The maximum absolute atomic E-state index is 12.8. The summed E-state index contributed by atoms with van der Waals surface area (Å²) in [6.07, 6.45) is 1.74. The maximum atomic E-state index is 12.8. The largest absolute Gasteiger partial charge is 0.381 e. The molecule has 0 aliphatic carbocycles. The van der Waals surface area contributed by atoms with E-state index < -0.39 is 6.04 Å². The number of carbonyl (C=O) groups is 1. The minimum Gasteiger partial charge on any atom is -0.381 e. The predicted octanol–water partition coefficient (Wildman–Crippen LogP) is 2.21. The van der Waals surface area contributed by atoms with Crippen molar-refractivity contribution in [1.29, 1.82) is 0 Å². The fourth-order valence-corrected chi connectivity index (χ4v) is 3.96. The third-order valence-corrected chi connectivity index (χ3v) is 5.25. The smallest absolute Gasteiger partial charge is 0.239 e. The molecule has 5 nitrogen and oxygen atoms in total. The number of morpholine rings is 1. The zero-order valence-corrected chi connectivity index (χ0v) is 15.0. The van der Waals surface area contributed by atoms with Gasteiger partial charge in [-0.2, -0.15) is 11.3 Å². The van der Waals surface area contributed by atoms with E-state index in [0.29, 0.717) is 26.3 Å². The van der Waals surface area contributed by atoms with Gasteiger partial charge in [0.05, 0.1) is 18.7 Å². The molecule has 0 bridgehead atoms. The Balaban J connectivity index is 0.00000192. The van der Waals surface area contributed by atoms with Crippen LogP contribution in [0.1, 0.15) is 31.4 Å². The van der Waals surface area contributed by atoms with Crippen molar-refractivity contribution in [3.05, 3.63) is 22.4 Å². The summed E-state index contributed by atoms with van der Waals surface area (Å²) in [6.45, 7) is 4.65. The van der Waals surface area contributed by atoms with Crippen LogP contribution in [0.4, 0.5) is 0 Å². The number of nitrogens with zero attached hydrogens (tertiary/aromatic N) is 1. The molecule has 3 atom stereocenters. The number of halogens is 1. The van der Waals surface area contributed by atoms with Crippen molar-refractivity contribution in [2.24, 2.45) is 11.7 Å². The number of thiophene rings is 1. The van der Waals surface area contributed by atoms with Gasteiger partial charge in [0, 0.05) is 19.8 Å². The lowest BCUT2D eigenvalue weighted by molar-refractivity contribution is -0.148. The van der Waals surface area contributed by atoms with Crippen molar-refractivity contribution in [2.45, 2.75) is 38.0 Å². The van der Waals surface area contributed by atoms with Crippen LogP contribution in [0.5, 0.6) is 0 Å². The Morgan fingerprint density at radius 3 is 2.78 bits per heavy atom. The van der Waals surface area contributed by atoms with Crippen molar-refractivity contribution in [1.82, 2.24) is 4.90 Å². The Morgan fingerprint density at radius 2 is 2.13 bits per heavy atom. The number of amides is 1. The Kier molecular flexibility index (Phi) is 6.85. The van der Waals surface area contributed by atoms with Crippen LogP contribution in [-0.4, -0.2) is 49.3 Å². The Labute approximate surface area is 147 Å². The molecule has 2 aliphatic rings. The Morgan fingerprint density at radius 1 is 1.39 bits per heavy atom. The highest BCUT2D eigenvalue weighted by molar-refractivity contribution is 7.07. The molecule has 3 unspecified atom stereocenters. The summed E-state index contributed by atoms with van der Waals surface area (Å²) in [5.74, 6) is 0.293. The lowest BCUT2D eigenvalue weighted by Gasteiger charge is -2.39. The fourth-order valence-electron chi connectivity index (χ4n) is 3.26. The molecule has 0 saturated carbocycles. The monoisotopic (exact) mass is 360 g/mol. The van der Waals surface area contributed by atoms with Crippen LogP contribution in [0.15, 0.2) is 16.8 Å². The van der Waals surface area contributed by atoms with Crippen LogP contribution >= 0.6 is 23.7 Å². The first kappa shape index (κ1) is 18.7. The van der Waals surface area contributed by atoms with Crippen LogP contribution in [-0.2, 0) is 14.3 Å². The molecule has 1 amide bonds. The molecule has 1 aromatic rings. The molecule has 2 N–H and O–H groups in total. The number of hydrogen-bond acceptors (Lipinski definition) is 5. The third-order valence-electron chi connectivity index (χ3n) is 4.55. The molecular weight excluding hydrogens is 336 g/mol. The molecule has 3 rings (SSSR count). The van der Waals surface area contributed by atoms with E-state index in [1.165, 1.54) is 0 Å². The highest BCUT2D eigenvalue weighted by atomic mass is 35.5. The van der Waals surface area contributed by atoms with Crippen LogP contribution in [0.25, 0.3) is 0 Å². The summed E-state index contributed by atoms with van der Waals surface area (Å²) in [6, 6.07) is 1.64. The Bertz CT molecular complexity index is 494. The van der Waals surface area contributed by atoms with Gasteiger partial charge >= 0.3 is 0 Å². The van der Waals surface area contributed by atoms with Gasteiger partial charge in [-0.1, -0.05) is 0 Å². The zero-order valence-electron chi connectivity index (χ0n) is 13.3. The summed E-state index contributed by atoms with van der Waals surface area (Å²) < 4.78 is 11.3. The highest BCUT2D eigenvalue weighted by Gasteiger charge is 2.35. The van der Waals surface area contributed by atoms with E-state index >= 15 is 0 Å². The first-order valence-electron chi connectivity index (χ1n) is 7.95. The molecule has 1 aromatic heterocycles. The third kappa shape index (κ3) is 4.45. The minimum atomic E-state index is -0.419. The van der Waals surface area contributed by atoms with E-state index in [-0.39, 0.29) is 36.4 Å². The molecule has 2 fully saturated rings. The lowest BCUT2D eigenvalue weighted by atomic mass is 9.91. The summed E-state index contributed by atoms with van der Waals surface area (Å²) in [5.41, 5.74) is 7.39. The van der Waals surface area contributed by atoms with Crippen molar-refractivity contribution in [3.8, 4) is 0 Å². The fraction of sp³-hybridized carbons (Fsp3) is 0.688. The summed E-state index contributed by atoms with van der Waals surface area (Å²) in [4.78, 5) is 14.7. The Hall–Kier alpha value is -0.660. The molecule has 0 aromatic carbocycles. The summed E-state index contributed by atoms with van der Waals surface area (Å²) >= 11 is 1.65. The van der Waals surface area contributed by atoms with Crippen LogP contribution in [0.2, 0.25) is 0 Å². The van der Waals surface area contributed by atoms with E-state index in [1.54, 1.807) is 11.3 Å². The van der Waals surface area contributed by atoms with Crippen LogP contribution < -0.4 is 5.73 Å². The van der Waals surface area contributed by atoms with Crippen molar-refractivity contribution < 1.29 is 14.3 Å². The molecule has 0 spiro atoms. The second-order valence-corrected chi connectivity index (χ2v) is 6.99. The number of carbonyl (C=O) groups excluding carboxylic acids is 1. The number of ether oxygens (including phenoxy) is 2. The molecule has 2 aliphatic heterocycles. The number of rotatable bonds is 3. The van der Waals surface area contributed by atoms with Crippen molar-refractivity contribution in [2.75, 3.05) is 26.3 Å². The first-order valence-corrected chi connectivity index (χ1v) is 8.89. The summed E-state index contributed by atoms with van der Waals surface area (Å²) in [5, 5.41) is 4.13. The highest BCUT2D eigenvalue weighted by Crippen LogP contribution is 2.28. The van der Waals surface area contributed by atoms with Crippen LogP contribution in [0, 0.1) is 5.92 Å². The number of hydrogen-bond donors (Lipinski definition) is 1. The van der Waals surface area contributed by atoms with Gasteiger partial charge in [-0.05, 0) is 48.1 Å². The van der Waals surface area contributed by atoms with Gasteiger partial charge in [0.25, 0.3) is 0 Å².